The van der Waals surface area contributed by atoms with E-state index in [4.69, 9.17) is 23.2 Å². The zero-order valence-electron chi connectivity index (χ0n) is 2.07. The van der Waals surface area contributed by atoms with Gasteiger partial charge in [0.15, 0.2) is 0 Å². The molecule has 0 radical (unpaired) electrons. The molecule has 0 saturated carbocycles. The topological polar surface area (TPSA) is 0 Å². The quantitative estimate of drug-likeness (QED) is 0.293. The number of rotatable bonds is 0. The van der Waals surface area contributed by atoms with E-state index in [-0.39, 0.29) is 0 Å². The van der Waals surface area contributed by atoms with Crippen LogP contribution in [0.3, 0.4) is 0 Å². The second-order valence-electron chi connectivity index (χ2n) is 0.630. The first-order chi connectivity index (χ1) is 2.21. The molecule has 0 aliphatic carbocycles. The van der Waals surface area contributed by atoms with Crippen LogP contribution in [-0.4, -0.2) is 3.00 Å². The van der Waals surface area contributed by atoms with E-state index >= 15 is 0 Å². The van der Waals surface area contributed by atoms with Crippen LogP contribution in [-0.2, 0) is 0 Å². The standard InChI is InChI=1S/CCl2S2/c2-1(3)4-5-1. The van der Waals surface area contributed by atoms with E-state index in [9.17, 15) is 0 Å². The number of hydrogen-bond acceptors (Lipinski definition) is 2. The highest BCUT2D eigenvalue weighted by atomic mass is 35.5. The van der Waals surface area contributed by atoms with Gasteiger partial charge in [-0.3, -0.25) is 0 Å². The van der Waals surface area contributed by atoms with E-state index in [0.717, 1.165) is 0 Å². The van der Waals surface area contributed by atoms with Gasteiger partial charge in [0.2, 0.25) is 3.00 Å². The lowest BCUT2D eigenvalue weighted by atomic mass is 11.8. The maximum absolute atomic E-state index is 5.33. The van der Waals surface area contributed by atoms with Gasteiger partial charge in [0.25, 0.3) is 0 Å². The first-order valence-electron chi connectivity index (χ1n) is 0.953. The average Bonchev–Trinajstić information content (AvgIpc) is 1.76. The molecule has 4 heteroatoms. The molecule has 0 aromatic heterocycles. The van der Waals surface area contributed by atoms with Crippen molar-refractivity contribution < 1.29 is 0 Å². The minimum absolute atomic E-state index is 0.472. The normalized spacial score (nSPS) is 30.0. The highest BCUT2D eigenvalue weighted by Gasteiger charge is 2.41. The maximum atomic E-state index is 5.33. The summed E-state index contributed by atoms with van der Waals surface area (Å²) in [5, 5.41) is 0. The molecule has 1 heterocycles. The summed E-state index contributed by atoms with van der Waals surface area (Å²) in [5.41, 5.74) is 0. The summed E-state index contributed by atoms with van der Waals surface area (Å²) in [5.74, 6) is 0. The van der Waals surface area contributed by atoms with Gasteiger partial charge in [-0.1, -0.05) is 23.2 Å². The van der Waals surface area contributed by atoms with Crippen molar-refractivity contribution in [3.8, 4) is 0 Å². The number of hydrogen-bond donors (Lipinski definition) is 0. The van der Waals surface area contributed by atoms with Crippen LogP contribution in [0.5, 0.6) is 0 Å². The molecule has 1 aliphatic rings. The van der Waals surface area contributed by atoms with Gasteiger partial charge < -0.3 is 0 Å². The second-order valence-corrected chi connectivity index (χ2v) is 5.67. The molecule has 1 saturated heterocycles. The summed E-state index contributed by atoms with van der Waals surface area (Å²) in [6.45, 7) is 0. The van der Waals surface area contributed by atoms with E-state index in [1.54, 1.807) is 0 Å². The average molecular weight is 147 g/mol. The third-order valence-electron chi connectivity index (χ3n) is 0.209. The van der Waals surface area contributed by atoms with Gasteiger partial charge >= 0.3 is 0 Å². The fraction of sp³-hybridized carbons (Fsp3) is 1.00. The van der Waals surface area contributed by atoms with Crippen LogP contribution >= 0.6 is 44.8 Å². The predicted molar refractivity (Wildman–Crippen MR) is 29.6 cm³/mol. The van der Waals surface area contributed by atoms with Gasteiger partial charge in [-0.2, -0.15) is 0 Å². The fourth-order valence-corrected chi connectivity index (χ4v) is 0.850. The summed E-state index contributed by atoms with van der Waals surface area (Å²) < 4.78 is -0.472. The minimum Gasteiger partial charge on any atom is -0.0755 e. The van der Waals surface area contributed by atoms with E-state index < -0.39 is 3.00 Å². The lowest BCUT2D eigenvalue weighted by Crippen LogP contribution is -1.66. The largest absolute Gasteiger partial charge is 0.229 e. The summed E-state index contributed by atoms with van der Waals surface area (Å²) >= 11 is 10.7. The molecule has 0 bridgehead atoms. The van der Waals surface area contributed by atoms with Crippen molar-refractivity contribution in [1.82, 2.24) is 0 Å². The molecular formula is CCl2S2. The highest BCUT2D eigenvalue weighted by molar-refractivity contribution is 8.95. The van der Waals surface area contributed by atoms with Crippen molar-refractivity contribution in [3.05, 3.63) is 0 Å². The van der Waals surface area contributed by atoms with Gasteiger partial charge in [0, 0.05) is 0 Å². The van der Waals surface area contributed by atoms with Crippen LogP contribution in [0.2, 0.25) is 0 Å². The molecule has 1 fully saturated rings. The Hall–Kier alpha value is 1.28. The summed E-state index contributed by atoms with van der Waals surface area (Å²) in [7, 11) is 2.95. The maximum Gasteiger partial charge on any atom is 0.229 e. The van der Waals surface area contributed by atoms with Crippen LogP contribution in [0, 0.1) is 0 Å². The Balaban J connectivity index is 2.38. The van der Waals surface area contributed by atoms with Crippen molar-refractivity contribution in [2.75, 3.05) is 0 Å². The second kappa shape index (κ2) is 1.12. The number of halogens is 2. The Morgan fingerprint density at radius 2 is 1.40 bits per heavy atom. The highest BCUT2D eigenvalue weighted by Crippen LogP contribution is 2.70. The van der Waals surface area contributed by atoms with Gasteiger partial charge in [0.1, 0.15) is 0 Å². The molecule has 1 aliphatic heterocycles. The smallest absolute Gasteiger partial charge is 0.0755 e. The molecule has 0 aromatic carbocycles. The van der Waals surface area contributed by atoms with Crippen LogP contribution in [0.15, 0.2) is 0 Å². The summed E-state index contributed by atoms with van der Waals surface area (Å²) in [6.07, 6.45) is 0. The Morgan fingerprint density at radius 3 is 1.40 bits per heavy atom. The molecule has 30 valence electrons. The SMILES string of the molecule is ClC1(Cl)SS1. The van der Waals surface area contributed by atoms with Crippen LogP contribution in [0.1, 0.15) is 0 Å². The Morgan fingerprint density at radius 1 is 1.20 bits per heavy atom. The molecule has 0 aromatic rings. The van der Waals surface area contributed by atoms with E-state index in [0.29, 0.717) is 0 Å². The monoisotopic (exact) mass is 146 g/mol. The third kappa shape index (κ3) is 1.44. The van der Waals surface area contributed by atoms with E-state index in [1.807, 2.05) is 0 Å². The lowest BCUT2D eigenvalue weighted by Gasteiger charge is -1.73. The minimum atomic E-state index is -0.472. The lowest BCUT2D eigenvalue weighted by molar-refractivity contribution is 1.92. The molecule has 0 amide bonds. The van der Waals surface area contributed by atoms with Gasteiger partial charge in [0.05, 0.1) is 0 Å². The molecular weight excluding hydrogens is 147 g/mol. The molecule has 0 spiro atoms. The van der Waals surface area contributed by atoms with Gasteiger partial charge in [-0.05, 0) is 21.6 Å². The van der Waals surface area contributed by atoms with Crippen molar-refractivity contribution >= 4 is 44.8 Å². The summed E-state index contributed by atoms with van der Waals surface area (Å²) in [4.78, 5) is 0. The third-order valence-corrected chi connectivity index (χ3v) is 4.15. The van der Waals surface area contributed by atoms with Crippen molar-refractivity contribution in [3.63, 3.8) is 0 Å². The van der Waals surface area contributed by atoms with Crippen LogP contribution < -0.4 is 0 Å². The molecule has 0 N–H and O–H groups in total. The Kier molecular flexibility index (Phi) is 0.997. The first kappa shape index (κ1) is 4.44. The van der Waals surface area contributed by atoms with Gasteiger partial charge in [-0.15, -0.1) is 0 Å². The van der Waals surface area contributed by atoms with Crippen LogP contribution in [0.4, 0.5) is 0 Å². The van der Waals surface area contributed by atoms with Crippen molar-refractivity contribution in [1.29, 1.82) is 0 Å². The number of alkyl halides is 2. The Bertz CT molecular complexity index is 45.6. The molecule has 0 atom stereocenters. The van der Waals surface area contributed by atoms with Crippen molar-refractivity contribution in [2.45, 2.75) is 3.00 Å². The Labute approximate surface area is 48.0 Å². The molecule has 5 heavy (non-hydrogen) atoms. The summed E-state index contributed by atoms with van der Waals surface area (Å²) in [6, 6.07) is 0. The van der Waals surface area contributed by atoms with E-state index in [1.165, 1.54) is 21.6 Å². The zero-order chi connectivity index (χ0) is 3.91. The molecule has 0 unspecified atom stereocenters. The zero-order valence-corrected chi connectivity index (χ0v) is 5.22. The first-order valence-corrected chi connectivity index (χ1v) is 3.86. The van der Waals surface area contributed by atoms with Crippen molar-refractivity contribution in [2.24, 2.45) is 0 Å². The molecule has 0 nitrogen and oxygen atoms in total. The van der Waals surface area contributed by atoms with Crippen LogP contribution in [0.25, 0.3) is 0 Å². The molecule has 1 rings (SSSR count). The van der Waals surface area contributed by atoms with E-state index in [2.05, 4.69) is 0 Å². The predicted octanol–water partition coefficient (Wildman–Crippen LogP) is 2.47. The van der Waals surface area contributed by atoms with Gasteiger partial charge in [-0.25, -0.2) is 0 Å². The fourth-order valence-electron chi connectivity index (χ4n) is 0.0315.